The molecule has 0 bridgehead atoms. The van der Waals surface area contributed by atoms with Crippen LogP contribution in [0.2, 0.25) is 0 Å². The summed E-state index contributed by atoms with van der Waals surface area (Å²) in [5.41, 5.74) is 1.16. The van der Waals surface area contributed by atoms with E-state index in [1.165, 1.54) is 17.0 Å². The van der Waals surface area contributed by atoms with Gasteiger partial charge in [-0.1, -0.05) is 48.5 Å². The summed E-state index contributed by atoms with van der Waals surface area (Å²) in [5, 5.41) is 22.8. The van der Waals surface area contributed by atoms with Crippen LogP contribution in [0.25, 0.3) is 5.76 Å². The van der Waals surface area contributed by atoms with E-state index in [0.717, 1.165) is 4.88 Å². The molecule has 1 saturated heterocycles. The lowest BCUT2D eigenvalue weighted by Gasteiger charge is -2.32. The molecule has 1 amide bonds. The molecule has 0 radical (unpaired) electrons. The van der Waals surface area contributed by atoms with Gasteiger partial charge in [0.25, 0.3) is 11.7 Å². The number of phenolic OH excluding ortho intramolecular Hbond substituents is 1. The van der Waals surface area contributed by atoms with Crippen LogP contribution in [0.1, 0.15) is 28.1 Å². The van der Waals surface area contributed by atoms with Crippen LogP contribution >= 0.6 is 11.3 Å². The SMILES string of the molecule is CN(C)[C@H](CN1C(=O)C(=O)C(=C(O)c2ccccc2)[C@@H]1c1ccc(O)cc1)c1cccs1. The van der Waals surface area contributed by atoms with Gasteiger partial charge in [0.15, 0.2) is 0 Å². The van der Waals surface area contributed by atoms with Gasteiger partial charge in [-0.25, -0.2) is 0 Å². The average molecular weight is 449 g/mol. The molecular weight excluding hydrogens is 424 g/mol. The Bertz CT molecular complexity index is 1140. The van der Waals surface area contributed by atoms with Crippen LogP contribution in [-0.2, 0) is 9.59 Å². The standard InChI is InChI=1S/C25H24N2O4S/c1-26(2)19(20-9-6-14-32-20)15-27-22(16-10-12-18(28)13-11-16)21(24(30)25(27)31)23(29)17-7-4-3-5-8-17/h3-14,19,22,28-29H,15H2,1-2H3/t19-,22+/m1/s1. The molecule has 1 aliphatic heterocycles. The number of carbonyl (C=O) groups is 2. The third kappa shape index (κ3) is 4.04. The molecule has 2 aromatic carbocycles. The summed E-state index contributed by atoms with van der Waals surface area (Å²) < 4.78 is 0. The number of thiophene rings is 1. The molecule has 1 fully saturated rings. The second kappa shape index (κ2) is 8.98. The van der Waals surface area contributed by atoms with Crippen molar-refractivity contribution in [2.45, 2.75) is 12.1 Å². The molecule has 0 unspecified atom stereocenters. The van der Waals surface area contributed by atoms with Crippen molar-refractivity contribution in [3.05, 3.63) is 93.7 Å². The Hall–Kier alpha value is -3.42. The maximum atomic E-state index is 13.2. The number of phenols is 1. The largest absolute Gasteiger partial charge is 0.508 e. The number of ketones is 1. The summed E-state index contributed by atoms with van der Waals surface area (Å²) in [6.45, 7) is 0.273. The summed E-state index contributed by atoms with van der Waals surface area (Å²) in [4.78, 5) is 31.0. The molecule has 3 aromatic rings. The van der Waals surface area contributed by atoms with Gasteiger partial charge in [0.2, 0.25) is 0 Å². The van der Waals surface area contributed by atoms with Crippen LogP contribution in [0.4, 0.5) is 0 Å². The second-order valence-corrected chi connectivity index (χ2v) is 8.88. The van der Waals surface area contributed by atoms with Crippen molar-refractivity contribution < 1.29 is 19.8 Å². The van der Waals surface area contributed by atoms with Crippen molar-refractivity contribution >= 4 is 28.8 Å². The van der Waals surface area contributed by atoms with Crippen LogP contribution in [0, 0.1) is 0 Å². The number of hydrogen-bond acceptors (Lipinski definition) is 6. The minimum absolute atomic E-state index is 0.0515. The van der Waals surface area contributed by atoms with Gasteiger partial charge in [0.05, 0.1) is 17.7 Å². The van der Waals surface area contributed by atoms with Crippen LogP contribution in [0.15, 0.2) is 77.7 Å². The van der Waals surface area contributed by atoms with E-state index in [1.807, 2.05) is 42.6 Å². The number of nitrogens with zero attached hydrogens (tertiary/aromatic N) is 2. The lowest BCUT2D eigenvalue weighted by molar-refractivity contribution is -0.140. The van der Waals surface area contributed by atoms with E-state index in [1.54, 1.807) is 47.7 Å². The van der Waals surface area contributed by atoms with Gasteiger partial charge in [-0.05, 0) is 43.2 Å². The predicted molar refractivity (Wildman–Crippen MR) is 124 cm³/mol. The Morgan fingerprint density at radius 2 is 1.72 bits per heavy atom. The molecule has 0 spiro atoms. The lowest BCUT2D eigenvalue weighted by Crippen LogP contribution is -2.37. The third-order valence-electron chi connectivity index (χ3n) is 5.66. The maximum absolute atomic E-state index is 13.2. The Morgan fingerprint density at radius 1 is 1.03 bits per heavy atom. The van der Waals surface area contributed by atoms with Crippen molar-refractivity contribution in [3.8, 4) is 5.75 Å². The molecular formula is C25H24N2O4S. The smallest absolute Gasteiger partial charge is 0.295 e. The van der Waals surface area contributed by atoms with Gasteiger partial charge in [-0.2, -0.15) is 0 Å². The van der Waals surface area contributed by atoms with Gasteiger partial charge in [-0.3, -0.25) is 9.59 Å². The highest BCUT2D eigenvalue weighted by atomic mass is 32.1. The fraction of sp³-hybridized carbons (Fsp3) is 0.200. The number of aromatic hydroxyl groups is 1. The summed E-state index contributed by atoms with van der Waals surface area (Å²) in [5.74, 6) is -1.49. The molecule has 2 atom stereocenters. The first-order valence-corrected chi connectivity index (χ1v) is 11.1. The number of carbonyl (C=O) groups excluding carboxylic acids is 2. The molecule has 0 saturated carbocycles. The van der Waals surface area contributed by atoms with E-state index < -0.39 is 17.7 Å². The molecule has 2 N–H and O–H groups in total. The number of amides is 1. The highest BCUT2D eigenvalue weighted by Crippen LogP contribution is 2.41. The van der Waals surface area contributed by atoms with E-state index >= 15 is 0 Å². The summed E-state index contributed by atoms with van der Waals surface area (Å²) in [6.07, 6.45) is 0. The van der Waals surface area contributed by atoms with Gasteiger partial charge < -0.3 is 20.0 Å². The Balaban J connectivity index is 1.84. The van der Waals surface area contributed by atoms with E-state index in [0.29, 0.717) is 11.1 Å². The Labute approximate surface area is 190 Å². The predicted octanol–water partition coefficient (Wildman–Crippen LogP) is 4.18. The number of benzene rings is 2. The normalized spacial score (nSPS) is 19.0. The molecule has 2 heterocycles. The zero-order chi connectivity index (χ0) is 22.8. The zero-order valence-corrected chi connectivity index (χ0v) is 18.6. The van der Waals surface area contributed by atoms with Crippen molar-refractivity contribution in [3.63, 3.8) is 0 Å². The first-order valence-electron chi connectivity index (χ1n) is 10.2. The van der Waals surface area contributed by atoms with E-state index in [-0.39, 0.29) is 29.7 Å². The number of Topliss-reactive ketones (excluding diaryl/α,β-unsaturated/α-hetero) is 1. The van der Waals surface area contributed by atoms with Gasteiger partial charge in [-0.15, -0.1) is 11.3 Å². The first kappa shape index (κ1) is 21.8. The monoisotopic (exact) mass is 448 g/mol. The number of likely N-dealkylation sites (N-methyl/N-ethyl adjacent to an activating group) is 1. The van der Waals surface area contributed by atoms with Crippen molar-refractivity contribution in [2.24, 2.45) is 0 Å². The number of hydrogen-bond donors (Lipinski definition) is 2. The fourth-order valence-electron chi connectivity index (χ4n) is 4.00. The molecule has 164 valence electrons. The fourth-order valence-corrected chi connectivity index (χ4v) is 4.91. The number of aliphatic hydroxyl groups is 1. The van der Waals surface area contributed by atoms with Gasteiger partial charge in [0.1, 0.15) is 11.5 Å². The molecule has 7 heteroatoms. The molecule has 6 nitrogen and oxygen atoms in total. The van der Waals surface area contributed by atoms with E-state index in [2.05, 4.69) is 0 Å². The quantitative estimate of drug-likeness (QED) is 0.336. The highest BCUT2D eigenvalue weighted by Gasteiger charge is 2.47. The topological polar surface area (TPSA) is 81.1 Å². The van der Waals surface area contributed by atoms with Crippen LogP contribution in [0.5, 0.6) is 5.75 Å². The highest BCUT2D eigenvalue weighted by molar-refractivity contribution is 7.10. The van der Waals surface area contributed by atoms with Crippen LogP contribution in [-0.4, -0.2) is 52.3 Å². The maximum Gasteiger partial charge on any atom is 0.295 e. The van der Waals surface area contributed by atoms with Crippen molar-refractivity contribution in [2.75, 3.05) is 20.6 Å². The number of rotatable bonds is 6. The molecule has 4 rings (SSSR count). The molecule has 0 aliphatic carbocycles. The number of aliphatic hydroxyl groups excluding tert-OH is 1. The second-order valence-electron chi connectivity index (χ2n) is 7.90. The number of likely N-dealkylation sites (tertiary alicyclic amines) is 1. The first-order chi connectivity index (χ1) is 15.4. The lowest BCUT2D eigenvalue weighted by atomic mass is 9.95. The molecule has 32 heavy (non-hydrogen) atoms. The van der Waals surface area contributed by atoms with Crippen LogP contribution < -0.4 is 0 Å². The zero-order valence-electron chi connectivity index (χ0n) is 17.8. The van der Waals surface area contributed by atoms with Crippen molar-refractivity contribution in [1.82, 2.24) is 9.80 Å². The van der Waals surface area contributed by atoms with Crippen LogP contribution in [0.3, 0.4) is 0 Å². The van der Waals surface area contributed by atoms with Gasteiger partial charge in [0, 0.05) is 17.0 Å². The van der Waals surface area contributed by atoms with E-state index in [4.69, 9.17) is 0 Å². The Kier molecular flexibility index (Phi) is 6.12. The summed E-state index contributed by atoms with van der Waals surface area (Å²) in [7, 11) is 3.86. The Morgan fingerprint density at radius 3 is 2.31 bits per heavy atom. The third-order valence-corrected chi connectivity index (χ3v) is 6.63. The average Bonchev–Trinajstić information content (AvgIpc) is 3.40. The minimum atomic E-state index is -0.766. The molecule has 1 aliphatic rings. The minimum Gasteiger partial charge on any atom is -0.508 e. The van der Waals surface area contributed by atoms with Gasteiger partial charge >= 0.3 is 0 Å². The van der Waals surface area contributed by atoms with Crippen molar-refractivity contribution in [1.29, 1.82) is 0 Å². The summed E-state index contributed by atoms with van der Waals surface area (Å²) in [6, 6.07) is 18.2. The molecule has 1 aromatic heterocycles. The van der Waals surface area contributed by atoms with E-state index in [9.17, 15) is 19.8 Å². The summed E-state index contributed by atoms with van der Waals surface area (Å²) >= 11 is 1.59.